The topological polar surface area (TPSA) is 55.2 Å². The van der Waals surface area contributed by atoms with Crippen LogP contribution < -0.4 is 5.56 Å². The van der Waals surface area contributed by atoms with Crippen molar-refractivity contribution in [1.82, 2.24) is 14.5 Å². The minimum absolute atomic E-state index is 0.0476. The third-order valence-electron chi connectivity index (χ3n) is 7.07. The zero-order valence-electron chi connectivity index (χ0n) is 16.5. The van der Waals surface area contributed by atoms with Gasteiger partial charge in [0.1, 0.15) is 4.83 Å². The number of rotatable bonds is 3. The van der Waals surface area contributed by atoms with E-state index in [1.54, 1.807) is 22.2 Å². The van der Waals surface area contributed by atoms with E-state index in [-0.39, 0.29) is 11.5 Å². The van der Waals surface area contributed by atoms with Gasteiger partial charge in [0.05, 0.1) is 11.7 Å². The standard InChI is InChI=1S/C22H29N3O2S/c26-19(25-12-5-7-15-6-1-3-9-17(15)25)11-13-24-14-23-21-20(22(24)27)16-8-2-4-10-18(16)28-21/h14-15,17H,1-13H2. The first kappa shape index (κ1) is 18.3. The molecule has 2 aromatic heterocycles. The van der Waals surface area contributed by atoms with E-state index in [1.807, 2.05) is 0 Å². The van der Waals surface area contributed by atoms with E-state index in [2.05, 4.69) is 9.88 Å². The summed E-state index contributed by atoms with van der Waals surface area (Å²) in [5.41, 5.74) is 1.27. The van der Waals surface area contributed by atoms with Crippen LogP contribution in [0.3, 0.4) is 0 Å². The Morgan fingerprint density at radius 1 is 1.11 bits per heavy atom. The lowest BCUT2D eigenvalue weighted by Crippen LogP contribution is -2.49. The molecule has 1 saturated carbocycles. The second-order valence-corrected chi connectivity index (χ2v) is 9.81. The second kappa shape index (κ2) is 7.62. The molecule has 2 atom stereocenters. The van der Waals surface area contributed by atoms with Gasteiger partial charge in [0, 0.05) is 30.4 Å². The maximum atomic E-state index is 13.1. The Labute approximate surface area is 169 Å². The summed E-state index contributed by atoms with van der Waals surface area (Å²) in [4.78, 5) is 35.0. The minimum atomic E-state index is 0.0476. The smallest absolute Gasteiger partial charge is 0.262 e. The number of likely N-dealkylation sites (tertiary alicyclic amines) is 1. The summed E-state index contributed by atoms with van der Waals surface area (Å²) in [6.45, 7) is 1.34. The molecule has 2 aromatic rings. The second-order valence-electron chi connectivity index (χ2n) is 8.73. The van der Waals surface area contributed by atoms with E-state index in [0.717, 1.165) is 48.9 Å². The highest BCUT2D eigenvalue weighted by Crippen LogP contribution is 2.36. The molecule has 1 saturated heterocycles. The summed E-state index contributed by atoms with van der Waals surface area (Å²) < 4.78 is 1.67. The summed E-state index contributed by atoms with van der Waals surface area (Å²) in [6, 6.07) is 0.441. The summed E-state index contributed by atoms with van der Waals surface area (Å²) in [5.74, 6) is 0.917. The van der Waals surface area contributed by atoms with Gasteiger partial charge in [0.15, 0.2) is 0 Å². The number of hydrogen-bond donors (Lipinski definition) is 0. The summed E-state index contributed by atoms with van der Waals surface area (Å²) in [6.07, 6.45) is 13.9. The lowest BCUT2D eigenvalue weighted by molar-refractivity contribution is -0.137. The van der Waals surface area contributed by atoms with Crippen molar-refractivity contribution in [3.8, 4) is 0 Å². The number of aryl methyl sites for hydroxylation is 3. The molecule has 2 aliphatic carbocycles. The number of carbonyl (C=O) groups excluding carboxylic acids is 1. The Morgan fingerprint density at radius 3 is 2.86 bits per heavy atom. The monoisotopic (exact) mass is 399 g/mol. The molecule has 2 unspecified atom stereocenters. The fourth-order valence-electron chi connectivity index (χ4n) is 5.63. The van der Waals surface area contributed by atoms with Crippen molar-refractivity contribution in [2.24, 2.45) is 5.92 Å². The van der Waals surface area contributed by atoms with Gasteiger partial charge in [-0.05, 0) is 62.8 Å². The minimum Gasteiger partial charge on any atom is -0.339 e. The van der Waals surface area contributed by atoms with Gasteiger partial charge in [-0.3, -0.25) is 14.2 Å². The van der Waals surface area contributed by atoms with Crippen LogP contribution >= 0.6 is 11.3 Å². The maximum Gasteiger partial charge on any atom is 0.262 e. The van der Waals surface area contributed by atoms with E-state index in [0.29, 0.717) is 24.9 Å². The molecular formula is C22H29N3O2S. The van der Waals surface area contributed by atoms with Crippen LogP contribution in [0, 0.1) is 5.92 Å². The Balaban J connectivity index is 1.33. The van der Waals surface area contributed by atoms with E-state index in [9.17, 15) is 9.59 Å². The van der Waals surface area contributed by atoms with Gasteiger partial charge in [-0.2, -0.15) is 0 Å². The lowest BCUT2D eigenvalue weighted by Gasteiger charge is -2.44. The molecule has 6 heteroatoms. The van der Waals surface area contributed by atoms with Gasteiger partial charge >= 0.3 is 0 Å². The molecular weight excluding hydrogens is 370 g/mol. The summed E-state index contributed by atoms with van der Waals surface area (Å²) in [7, 11) is 0. The van der Waals surface area contributed by atoms with Crippen LogP contribution in [0.25, 0.3) is 10.2 Å². The summed E-state index contributed by atoms with van der Waals surface area (Å²) in [5, 5.41) is 0.819. The van der Waals surface area contributed by atoms with Crippen LogP contribution in [0.1, 0.15) is 68.2 Å². The van der Waals surface area contributed by atoms with Crippen LogP contribution in [0.15, 0.2) is 11.1 Å². The largest absolute Gasteiger partial charge is 0.339 e. The average Bonchev–Trinajstić information content (AvgIpc) is 3.12. The lowest BCUT2D eigenvalue weighted by atomic mass is 9.78. The van der Waals surface area contributed by atoms with Gasteiger partial charge in [-0.25, -0.2) is 4.98 Å². The van der Waals surface area contributed by atoms with Crippen molar-refractivity contribution in [3.63, 3.8) is 0 Å². The number of aromatic nitrogens is 2. The molecule has 0 aromatic carbocycles. The first-order valence-electron chi connectivity index (χ1n) is 11.0. The Morgan fingerprint density at radius 2 is 1.93 bits per heavy atom. The number of nitrogens with zero attached hydrogens (tertiary/aromatic N) is 3. The number of carbonyl (C=O) groups is 1. The zero-order chi connectivity index (χ0) is 19.1. The van der Waals surface area contributed by atoms with Crippen molar-refractivity contribution >= 4 is 27.5 Å². The first-order valence-corrected chi connectivity index (χ1v) is 11.8. The number of thiophene rings is 1. The molecule has 150 valence electrons. The molecule has 0 bridgehead atoms. The number of hydrogen-bond acceptors (Lipinski definition) is 4. The van der Waals surface area contributed by atoms with Gasteiger partial charge in [-0.1, -0.05) is 12.8 Å². The molecule has 28 heavy (non-hydrogen) atoms. The predicted octanol–water partition coefficient (Wildman–Crippen LogP) is 3.91. The molecule has 0 spiro atoms. The molecule has 3 aliphatic rings. The normalized spacial score (nSPS) is 24.8. The third kappa shape index (κ3) is 3.19. The molecule has 0 radical (unpaired) electrons. The Kier molecular flexibility index (Phi) is 4.99. The highest BCUT2D eigenvalue weighted by molar-refractivity contribution is 7.18. The van der Waals surface area contributed by atoms with E-state index in [4.69, 9.17) is 0 Å². The van der Waals surface area contributed by atoms with Crippen molar-refractivity contribution in [3.05, 3.63) is 27.1 Å². The molecule has 3 heterocycles. The Hall–Kier alpha value is -1.69. The van der Waals surface area contributed by atoms with Crippen LogP contribution in [-0.4, -0.2) is 32.9 Å². The number of piperidine rings is 1. The van der Waals surface area contributed by atoms with Crippen LogP contribution in [-0.2, 0) is 24.2 Å². The van der Waals surface area contributed by atoms with Crippen molar-refractivity contribution in [2.45, 2.75) is 83.2 Å². The third-order valence-corrected chi connectivity index (χ3v) is 8.27. The number of fused-ring (bicyclic) bond motifs is 4. The SMILES string of the molecule is O=C(CCn1cnc2sc3c(c2c1=O)CCCC3)N1CCCC2CCCCC21. The van der Waals surface area contributed by atoms with Gasteiger partial charge in [-0.15, -0.1) is 11.3 Å². The van der Waals surface area contributed by atoms with E-state index in [1.165, 1.54) is 42.5 Å². The van der Waals surface area contributed by atoms with Crippen molar-refractivity contribution in [2.75, 3.05) is 6.54 Å². The predicted molar refractivity (Wildman–Crippen MR) is 112 cm³/mol. The highest BCUT2D eigenvalue weighted by Gasteiger charge is 2.35. The fraction of sp³-hybridized carbons (Fsp3) is 0.682. The fourth-order valence-corrected chi connectivity index (χ4v) is 6.85. The maximum absolute atomic E-state index is 13.1. The molecule has 5 nitrogen and oxygen atoms in total. The summed E-state index contributed by atoms with van der Waals surface area (Å²) >= 11 is 1.68. The zero-order valence-corrected chi connectivity index (χ0v) is 17.3. The first-order chi connectivity index (χ1) is 13.7. The van der Waals surface area contributed by atoms with Crippen LogP contribution in [0.4, 0.5) is 0 Å². The molecule has 2 fully saturated rings. The van der Waals surface area contributed by atoms with Crippen molar-refractivity contribution < 1.29 is 4.79 Å². The van der Waals surface area contributed by atoms with E-state index >= 15 is 0 Å². The molecule has 0 N–H and O–H groups in total. The molecule has 1 amide bonds. The quantitative estimate of drug-likeness (QED) is 0.786. The average molecular weight is 400 g/mol. The van der Waals surface area contributed by atoms with Gasteiger partial charge in [0.2, 0.25) is 5.91 Å². The Bertz CT molecular complexity index is 945. The van der Waals surface area contributed by atoms with E-state index < -0.39 is 0 Å². The van der Waals surface area contributed by atoms with Crippen LogP contribution in [0.5, 0.6) is 0 Å². The van der Waals surface area contributed by atoms with Crippen LogP contribution in [0.2, 0.25) is 0 Å². The number of amides is 1. The molecule has 1 aliphatic heterocycles. The molecule has 5 rings (SSSR count). The van der Waals surface area contributed by atoms with Gasteiger partial charge < -0.3 is 4.90 Å². The van der Waals surface area contributed by atoms with Gasteiger partial charge in [0.25, 0.3) is 5.56 Å². The highest BCUT2D eigenvalue weighted by atomic mass is 32.1. The van der Waals surface area contributed by atoms with Crippen molar-refractivity contribution in [1.29, 1.82) is 0 Å².